The third kappa shape index (κ3) is 25.1. The number of ether oxygens (including phenoxy) is 3. The zero-order chi connectivity index (χ0) is 21.3. The molecule has 0 aliphatic rings. The van der Waals surface area contributed by atoms with E-state index in [2.05, 4.69) is 19.1 Å². The topological polar surface area (TPSA) is 65.0 Å². The van der Waals surface area contributed by atoms with Gasteiger partial charge in [-0.1, -0.05) is 70.4 Å². The first-order valence-corrected chi connectivity index (χ1v) is 11.9. The first-order chi connectivity index (χ1) is 14.3. The van der Waals surface area contributed by atoms with Crippen LogP contribution in [-0.4, -0.2) is 50.7 Å². The van der Waals surface area contributed by atoms with Gasteiger partial charge in [-0.3, -0.25) is 4.79 Å². The first kappa shape index (κ1) is 28.1. The Hall–Kier alpha value is -0.910. The largest absolute Gasteiger partial charge is 0.463 e. The molecule has 0 aliphatic carbocycles. The molecule has 0 bridgehead atoms. The maximum absolute atomic E-state index is 11.6. The highest BCUT2D eigenvalue weighted by Gasteiger charge is 2.02. The van der Waals surface area contributed by atoms with Crippen LogP contribution in [0.25, 0.3) is 0 Å². The van der Waals surface area contributed by atoms with Crippen molar-refractivity contribution in [1.82, 2.24) is 0 Å². The average molecular weight is 415 g/mol. The van der Waals surface area contributed by atoms with Crippen LogP contribution >= 0.6 is 0 Å². The van der Waals surface area contributed by atoms with Crippen molar-refractivity contribution in [3.63, 3.8) is 0 Å². The molecule has 0 atom stereocenters. The number of carbonyl (C=O) groups is 1. The van der Waals surface area contributed by atoms with Crippen LogP contribution in [0, 0.1) is 0 Å². The van der Waals surface area contributed by atoms with E-state index in [4.69, 9.17) is 19.3 Å². The van der Waals surface area contributed by atoms with E-state index in [0.29, 0.717) is 39.5 Å². The van der Waals surface area contributed by atoms with Crippen LogP contribution in [0.5, 0.6) is 0 Å². The Kier molecular flexibility index (Phi) is 24.3. The number of allylic oxidation sites excluding steroid dienone is 2. The monoisotopic (exact) mass is 414 g/mol. The number of hydrogen-bond donors (Lipinski definition) is 1. The van der Waals surface area contributed by atoms with E-state index in [1.807, 2.05) is 0 Å². The molecular weight excluding hydrogens is 368 g/mol. The maximum atomic E-state index is 11.6. The highest BCUT2D eigenvalue weighted by Crippen LogP contribution is 2.10. The lowest BCUT2D eigenvalue weighted by Gasteiger charge is -2.06. The van der Waals surface area contributed by atoms with Gasteiger partial charge < -0.3 is 19.3 Å². The van der Waals surface area contributed by atoms with Gasteiger partial charge in [-0.2, -0.15) is 0 Å². The fourth-order valence-electron chi connectivity index (χ4n) is 3.01. The van der Waals surface area contributed by atoms with Crippen molar-refractivity contribution in [3.05, 3.63) is 12.2 Å². The van der Waals surface area contributed by atoms with Gasteiger partial charge in [0.25, 0.3) is 0 Å². The second kappa shape index (κ2) is 25.1. The second-order valence-corrected chi connectivity index (χ2v) is 7.50. The molecule has 5 heteroatoms. The number of carbonyl (C=O) groups excluding carboxylic acids is 1. The average Bonchev–Trinajstić information content (AvgIpc) is 2.72. The van der Waals surface area contributed by atoms with Gasteiger partial charge in [0.05, 0.1) is 33.0 Å². The number of unbranched alkanes of at least 4 members (excludes halogenated alkanes) is 11. The molecule has 0 unspecified atom stereocenters. The number of hydrogen-bond acceptors (Lipinski definition) is 5. The molecular formula is C24H46O5. The molecule has 0 saturated carbocycles. The van der Waals surface area contributed by atoms with Crippen LogP contribution in [0.1, 0.15) is 96.8 Å². The summed E-state index contributed by atoms with van der Waals surface area (Å²) in [5, 5.41) is 8.55. The quantitative estimate of drug-likeness (QED) is 0.134. The lowest BCUT2D eigenvalue weighted by Crippen LogP contribution is -2.13. The van der Waals surface area contributed by atoms with E-state index >= 15 is 0 Å². The van der Waals surface area contributed by atoms with Gasteiger partial charge in [0, 0.05) is 6.42 Å². The third-order valence-electron chi connectivity index (χ3n) is 4.74. The summed E-state index contributed by atoms with van der Waals surface area (Å²) < 4.78 is 15.5. The molecule has 0 aromatic carbocycles. The SMILES string of the molecule is CCCCCCCCC=CCCCCCCCC(=O)OCCOCCOCCO. The Morgan fingerprint density at radius 3 is 1.83 bits per heavy atom. The van der Waals surface area contributed by atoms with Crippen LogP contribution in [0.3, 0.4) is 0 Å². The highest BCUT2D eigenvalue weighted by atomic mass is 16.6. The predicted molar refractivity (Wildman–Crippen MR) is 119 cm³/mol. The van der Waals surface area contributed by atoms with Crippen LogP contribution in [-0.2, 0) is 19.0 Å². The predicted octanol–water partition coefficient (Wildman–Crippen LogP) is 5.59. The Morgan fingerprint density at radius 2 is 1.21 bits per heavy atom. The van der Waals surface area contributed by atoms with Crippen molar-refractivity contribution >= 4 is 5.97 Å². The van der Waals surface area contributed by atoms with E-state index in [0.717, 1.165) is 12.8 Å². The smallest absolute Gasteiger partial charge is 0.305 e. The Morgan fingerprint density at radius 1 is 0.690 bits per heavy atom. The molecule has 0 aromatic heterocycles. The van der Waals surface area contributed by atoms with Crippen LogP contribution in [0.4, 0.5) is 0 Å². The fraction of sp³-hybridized carbons (Fsp3) is 0.875. The van der Waals surface area contributed by atoms with E-state index in [-0.39, 0.29) is 12.6 Å². The summed E-state index contributed by atoms with van der Waals surface area (Å²) in [4.78, 5) is 11.6. The zero-order valence-corrected chi connectivity index (χ0v) is 18.9. The molecule has 5 nitrogen and oxygen atoms in total. The Balaban J connectivity index is 3.19. The standard InChI is InChI=1S/C24H46O5/c1-2-3-4-5-6-7-8-9-10-11-12-13-14-15-16-17-24(26)29-23-22-28-21-20-27-19-18-25/h9-10,25H,2-8,11-23H2,1H3. The van der Waals surface area contributed by atoms with Crippen LogP contribution in [0.2, 0.25) is 0 Å². The van der Waals surface area contributed by atoms with Gasteiger partial charge in [0.2, 0.25) is 0 Å². The summed E-state index contributed by atoms with van der Waals surface area (Å²) in [6.07, 6.45) is 21.5. The molecule has 0 saturated heterocycles. The summed E-state index contributed by atoms with van der Waals surface area (Å²) in [7, 11) is 0. The first-order valence-electron chi connectivity index (χ1n) is 11.9. The lowest BCUT2D eigenvalue weighted by molar-refractivity contribution is -0.145. The molecule has 0 spiro atoms. The number of esters is 1. The normalized spacial score (nSPS) is 11.4. The minimum Gasteiger partial charge on any atom is -0.463 e. The van der Waals surface area contributed by atoms with Crippen molar-refractivity contribution in [1.29, 1.82) is 0 Å². The zero-order valence-electron chi connectivity index (χ0n) is 18.9. The molecule has 29 heavy (non-hydrogen) atoms. The Labute approximate surface area is 179 Å². The van der Waals surface area contributed by atoms with Gasteiger partial charge >= 0.3 is 5.97 Å². The van der Waals surface area contributed by atoms with E-state index < -0.39 is 0 Å². The molecule has 0 aromatic rings. The van der Waals surface area contributed by atoms with Crippen molar-refractivity contribution in [3.8, 4) is 0 Å². The molecule has 0 radical (unpaired) electrons. The lowest BCUT2D eigenvalue weighted by atomic mass is 10.1. The Bertz CT molecular complexity index is 357. The van der Waals surface area contributed by atoms with Crippen LogP contribution < -0.4 is 0 Å². The van der Waals surface area contributed by atoms with Crippen molar-refractivity contribution in [2.45, 2.75) is 96.8 Å². The van der Waals surface area contributed by atoms with Crippen molar-refractivity contribution in [2.75, 3.05) is 39.6 Å². The highest BCUT2D eigenvalue weighted by molar-refractivity contribution is 5.69. The number of aliphatic hydroxyl groups is 1. The maximum Gasteiger partial charge on any atom is 0.305 e. The van der Waals surface area contributed by atoms with Gasteiger partial charge in [-0.25, -0.2) is 0 Å². The molecule has 1 N–H and O–H groups in total. The van der Waals surface area contributed by atoms with E-state index in [1.165, 1.54) is 70.6 Å². The van der Waals surface area contributed by atoms with E-state index in [1.54, 1.807) is 0 Å². The number of rotatable bonds is 23. The van der Waals surface area contributed by atoms with E-state index in [9.17, 15) is 4.79 Å². The minimum absolute atomic E-state index is 0.0218. The second-order valence-electron chi connectivity index (χ2n) is 7.50. The van der Waals surface area contributed by atoms with Crippen LogP contribution in [0.15, 0.2) is 12.2 Å². The van der Waals surface area contributed by atoms with Gasteiger partial charge in [0.1, 0.15) is 6.61 Å². The molecule has 172 valence electrons. The summed E-state index contributed by atoms with van der Waals surface area (Å²) in [6, 6.07) is 0. The van der Waals surface area contributed by atoms with Gasteiger partial charge in [0.15, 0.2) is 0 Å². The summed E-state index contributed by atoms with van der Waals surface area (Å²) in [5.41, 5.74) is 0. The molecule has 0 fully saturated rings. The number of aliphatic hydroxyl groups excluding tert-OH is 1. The third-order valence-corrected chi connectivity index (χ3v) is 4.74. The molecule has 0 heterocycles. The van der Waals surface area contributed by atoms with Gasteiger partial charge in [-0.15, -0.1) is 0 Å². The summed E-state index contributed by atoms with van der Waals surface area (Å²) >= 11 is 0. The summed E-state index contributed by atoms with van der Waals surface area (Å²) in [5.74, 6) is -0.136. The van der Waals surface area contributed by atoms with Crippen molar-refractivity contribution in [2.24, 2.45) is 0 Å². The van der Waals surface area contributed by atoms with Crippen molar-refractivity contribution < 1.29 is 24.1 Å². The molecule has 0 aliphatic heterocycles. The van der Waals surface area contributed by atoms with Gasteiger partial charge in [-0.05, 0) is 32.1 Å². The minimum atomic E-state index is -0.136. The molecule has 0 rings (SSSR count). The molecule has 0 amide bonds. The fourth-order valence-corrected chi connectivity index (χ4v) is 3.01. The summed E-state index contributed by atoms with van der Waals surface area (Å²) in [6.45, 7) is 4.19.